The number of rotatable bonds is 5. The normalized spacial score (nSPS) is 14.3. The van der Waals surface area contributed by atoms with E-state index in [-0.39, 0.29) is 6.42 Å². The first kappa shape index (κ1) is 11.4. The molecule has 0 heterocycles. The molecule has 0 bridgehead atoms. The van der Waals surface area contributed by atoms with Gasteiger partial charge in [-0.1, -0.05) is 13.8 Å². The van der Waals surface area contributed by atoms with Crippen LogP contribution < -0.4 is 5.73 Å². The molecule has 72 valence electrons. The van der Waals surface area contributed by atoms with Gasteiger partial charge in [-0.25, -0.2) is 0 Å². The van der Waals surface area contributed by atoms with Crippen LogP contribution >= 0.6 is 0 Å². The third-order valence-corrected chi connectivity index (χ3v) is 2.23. The summed E-state index contributed by atoms with van der Waals surface area (Å²) in [6.07, 6.45) is 1.18. The second-order valence-electron chi connectivity index (χ2n) is 3.08. The van der Waals surface area contributed by atoms with Crippen molar-refractivity contribution < 1.29 is 15.0 Å². The highest BCUT2D eigenvalue weighted by Crippen LogP contribution is 2.20. The highest BCUT2D eigenvalue weighted by Gasteiger charge is 2.28. The van der Waals surface area contributed by atoms with Crippen molar-refractivity contribution >= 4 is 5.97 Å². The summed E-state index contributed by atoms with van der Waals surface area (Å²) >= 11 is 0. The molecule has 0 aliphatic carbocycles. The zero-order valence-electron chi connectivity index (χ0n) is 7.58. The monoisotopic (exact) mass is 175 g/mol. The smallest absolute Gasteiger partial charge is 0.320 e. The Balaban J connectivity index is 4.11. The van der Waals surface area contributed by atoms with Crippen LogP contribution in [0.25, 0.3) is 0 Å². The lowest BCUT2D eigenvalue weighted by Crippen LogP contribution is -2.40. The molecule has 4 heteroatoms. The molecule has 0 aliphatic rings. The van der Waals surface area contributed by atoms with Crippen molar-refractivity contribution in [2.45, 2.75) is 44.8 Å². The Morgan fingerprint density at radius 3 is 2.17 bits per heavy atom. The topological polar surface area (TPSA) is 83.5 Å². The van der Waals surface area contributed by atoms with E-state index >= 15 is 0 Å². The van der Waals surface area contributed by atoms with Gasteiger partial charge < -0.3 is 15.9 Å². The fraction of sp³-hybridized carbons (Fsp3) is 0.875. The maximum atomic E-state index is 10.4. The number of aliphatic hydroxyl groups is 1. The Labute approximate surface area is 72.4 Å². The number of carboxylic acids is 1. The first-order valence-electron chi connectivity index (χ1n) is 4.16. The molecule has 0 saturated heterocycles. The van der Waals surface area contributed by atoms with Crippen molar-refractivity contribution in [3.05, 3.63) is 0 Å². The molecular weight excluding hydrogens is 158 g/mol. The lowest BCUT2D eigenvalue weighted by molar-refractivity contribution is -0.140. The van der Waals surface area contributed by atoms with E-state index in [1.807, 2.05) is 13.8 Å². The third-order valence-electron chi connectivity index (χ3n) is 2.23. The summed E-state index contributed by atoms with van der Waals surface area (Å²) in [6, 6.07) is -0.963. The molecule has 0 fully saturated rings. The van der Waals surface area contributed by atoms with Gasteiger partial charge in [0.05, 0.1) is 5.60 Å². The van der Waals surface area contributed by atoms with E-state index in [2.05, 4.69) is 0 Å². The maximum Gasteiger partial charge on any atom is 0.320 e. The summed E-state index contributed by atoms with van der Waals surface area (Å²) in [5.41, 5.74) is 4.38. The highest BCUT2D eigenvalue weighted by molar-refractivity contribution is 5.73. The van der Waals surface area contributed by atoms with E-state index in [0.717, 1.165) is 0 Å². The van der Waals surface area contributed by atoms with Gasteiger partial charge in [0.1, 0.15) is 6.04 Å². The van der Waals surface area contributed by atoms with Crippen LogP contribution in [0.3, 0.4) is 0 Å². The number of hydrogen-bond donors (Lipinski definition) is 3. The number of carbonyl (C=O) groups is 1. The zero-order chi connectivity index (χ0) is 9.78. The van der Waals surface area contributed by atoms with Crippen molar-refractivity contribution in [3.63, 3.8) is 0 Å². The van der Waals surface area contributed by atoms with Crippen LogP contribution in [0.15, 0.2) is 0 Å². The largest absolute Gasteiger partial charge is 0.480 e. The Morgan fingerprint density at radius 2 is 1.92 bits per heavy atom. The average molecular weight is 175 g/mol. The molecule has 0 amide bonds. The van der Waals surface area contributed by atoms with E-state index in [4.69, 9.17) is 10.8 Å². The van der Waals surface area contributed by atoms with Crippen molar-refractivity contribution in [2.75, 3.05) is 0 Å². The minimum Gasteiger partial charge on any atom is -0.480 e. The molecule has 0 aromatic carbocycles. The number of aliphatic carboxylic acids is 1. The van der Waals surface area contributed by atoms with Crippen LogP contribution in [0.4, 0.5) is 0 Å². The summed E-state index contributed by atoms with van der Waals surface area (Å²) < 4.78 is 0. The lowest BCUT2D eigenvalue weighted by Gasteiger charge is -2.26. The molecular formula is C8H17NO3. The minimum atomic E-state index is -1.06. The van der Waals surface area contributed by atoms with Crippen LogP contribution in [0.2, 0.25) is 0 Å². The van der Waals surface area contributed by atoms with Crippen LogP contribution in [-0.4, -0.2) is 27.8 Å². The number of hydrogen-bond acceptors (Lipinski definition) is 3. The third kappa shape index (κ3) is 3.19. The molecule has 0 rings (SSSR count). The van der Waals surface area contributed by atoms with Crippen molar-refractivity contribution in [1.29, 1.82) is 0 Å². The van der Waals surface area contributed by atoms with E-state index in [9.17, 15) is 9.90 Å². The van der Waals surface area contributed by atoms with Gasteiger partial charge in [0.25, 0.3) is 0 Å². The van der Waals surface area contributed by atoms with Crippen LogP contribution in [0.5, 0.6) is 0 Å². The molecule has 0 unspecified atom stereocenters. The van der Waals surface area contributed by atoms with E-state index in [1.165, 1.54) is 0 Å². The van der Waals surface area contributed by atoms with Crippen molar-refractivity contribution in [2.24, 2.45) is 5.73 Å². The number of carboxylic acid groups (broad SMARTS) is 1. The van der Waals surface area contributed by atoms with Crippen molar-refractivity contribution in [1.82, 2.24) is 0 Å². The minimum absolute atomic E-state index is 0.120. The molecule has 4 N–H and O–H groups in total. The zero-order valence-corrected chi connectivity index (χ0v) is 7.58. The van der Waals surface area contributed by atoms with Crippen LogP contribution in [0, 0.1) is 0 Å². The Kier molecular flexibility index (Phi) is 4.20. The van der Waals surface area contributed by atoms with Gasteiger partial charge in [-0.15, -0.1) is 0 Å². The molecule has 12 heavy (non-hydrogen) atoms. The van der Waals surface area contributed by atoms with Crippen LogP contribution in [0.1, 0.15) is 33.1 Å². The standard InChI is InChI=1S/C8H17NO3/c1-3-8(12,4-2)5-6(9)7(10)11/h6,12H,3-5,9H2,1-2H3,(H,10,11)/t6-/m1/s1. The molecule has 0 saturated carbocycles. The SMILES string of the molecule is CCC(O)(CC)C[C@@H](N)C(=O)O. The van der Waals surface area contributed by atoms with Gasteiger partial charge in [-0.2, -0.15) is 0 Å². The van der Waals surface area contributed by atoms with Gasteiger partial charge in [0, 0.05) is 6.42 Å². The summed E-state index contributed by atoms with van der Waals surface area (Å²) in [6.45, 7) is 3.64. The molecule has 0 spiro atoms. The fourth-order valence-corrected chi connectivity index (χ4v) is 1.04. The molecule has 0 aromatic rings. The molecule has 0 aliphatic heterocycles. The van der Waals surface area contributed by atoms with Crippen molar-refractivity contribution in [3.8, 4) is 0 Å². The molecule has 1 atom stereocenters. The summed E-state index contributed by atoms with van der Waals surface area (Å²) in [7, 11) is 0. The second kappa shape index (κ2) is 4.42. The Hall–Kier alpha value is -0.610. The molecule has 0 aromatic heterocycles. The summed E-state index contributed by atoms with van der Waals surface area (Å²) in [5.74, 6) is -1.06. The van der Waals surface area contributed by atoms with Crippen LogP contribution in [-0.2, 0) is 4.79 Å². The molecule has 0 radical (unpaired) electrons. The van der Waals surface area contributed by atoms with Gasteiger partial charge in [0.15, 0.2) is 0 Å². The predicted octanol–water partition coefficient (Wildman–Crippen LogP) is 0.339. The first-order chi connectivity index (χ1) is 5.45. The van der Waals surface area contributed by atoms with E-state index in [0.29, 0.717) is 12.8 Å². The van der Waals surface area contributed by atoms with E-state index in [1.54, 1.807) is 0 Å². The summed E-state index contributed by atoms with van der Waals surface area (Å²) in [4.78, 5) is 10.4. The average Bonchev–Trinajstić information content (AvgIpc) is 2.04. The first-order valence-corrected chi connectivity index (χ1v) is 4.16. The predicted molar refractivity (Wildman–Crippen MR) is 45.8 cm³/mol. The van der Waals surface area contributed by atoms with Gasteiger partial charge in [-0.3, -0.25) is 4.79 Å². The Morgan fingerprint density at radius 1 is 1.50 bits per heavy atom. The van der Waals surface area contributed by atoms with E-state index < -0.39 is 17.6 Å². The summed E-state index contributed by atoms with van der Waals surface area (Å²) in [5, 5.41) is 18.2. The Bertz CT molecular complexity index is 154. The fourth-order valence-electron chi connectivity index (χ4n) is 1.04. The quantitative estimate of drug-likeness (QED) is 0.562. The highest BCUT2D eigenvalue weighted by atomic mass is 16.4. The van der Waals surface area contributed by atoms with Gasteiger partial charge in [0.2, 0.25) is 0 Å². The van der Waals surface area contributed by atoms with Gasteiger partial charge >= 0.3 is 5.97 Å². The lowest BCUT2D eigenvalue weighted by atomic mass is 9.90. The number of nitrogens with two attached hydrogens (primary N) is 1. The van der Waals surface area contributed by atoms with Gasteiger partial charge in [-0.05, 0) is 12.8 Å². The maximum absolute atomic E-state index is 10.4. The second-order valence-corrected chi connectivity index (χ2v) is 3.08. The molecule has 4 nitrogen and oxygen atoms in total.